The van der Waals surface area contributed by atoms with Crippen molar-refractivity contribution in [3.63, 3.8) is 0 Å². The summed E-state index contributed by atoms with van der Waals surface area (Å²) in [4.78, 5) is 9.80. The molecule has 0 bridgehead atoms. The lowest BCUT2D eigenvalue weighted by atomic mass is 10.2. The Kier molecular flexibility index (Phi) is 11.6. The zero-order valence-corrected chi connectivity index (χ0v) is 10.9. The SMILES string of the molecule is C1CCOCCOCCOCCOCOOCC1. The van der Waals surface area contributed by atoms with E-state index < -0.39 is 0 Å². The molecule has 0 unspecified atom stereocenters. The Morgan fingerprint density at radius 3 is 1.67 bits per heavy atom. The highest BCUT2D eigenvalue weighted by Crippen LogP contribution is 1.97. The summed E-state index contributed by atoms with van der Waals surface area (Å²) >= 11 is 0. The molecule has 0 aromatic heterocycles. The van der Waals surface area contributed by atoms with E-state index in [0.29, 0.717) is 46.2 Å². The molecule has 0 spiro atoms. The van der Waals surface area contributed by atoms with Crippen LogP contribution in [0.3, 0.4) is 0 Å². The Bertz CT molecular complexity index is 91.6. The molecule has 0 aliphatic carbocycles. The van der Waals surface area contributed by atoms with E-state index in [0.717, 1.165) is 25.9 Å². The van der Waals surface area contributed by atoms with E-state index in [1.54, 1.807) is 0 Å². The van der Waals surface area contributed by atoms with Gasteiger partial charge in [0.1, 0.15) is 0 Å². The van der Waals surface area contributed by atoms with Gasteiger partial charge in [0.15, 0.2) is 6.79 Å². The number of ether oxygens (including phenoxy) is 4. The van der Waals surface area contributed by atoms with Crippen molar-refractivity contribution >= 4 is 0 Å². The van der Waals surface area contributed by atoms with Crippen LogP contribution in [-0.2, 0) is 28.7 Å². The summed E-state index contributed by atoms with van der Waals surface area (Å²) in [5, 5.41) is 0. The van der Waals surface area contributed by atoms with E-state index in [1.807, 2.05) is 0 Å². The van der Waals surface area contributed by atoms with Gasteiger partial charge >= 0.3 is 0 Å². The van der Waals surface area contributed by atoms with Crippen LogP contribution >= 0.6 is 0 Å². The minimum atomic E-state index is 0.142. The van der Waals surface area contributed by atoms with Crippen LogP contribution in [0.4, 0.5) is 0 Å². The third-order valence-corrected chi connectivity index (χ3v) is 2.35. The van der Waals surface area contributed by atoms with Crippen molar-refractivity contribution in [3.8, 4) is 0 Å². The molecule has 0 radical (unpaired) electrons. The second-order valence-corrected chi connectivity index (χ2v) is 3.86. The van der Waals surface area contributed by atoms with Crippen molar-refractivity contribution in [2.24, 2.45) is 0 Å². The van der Waals surface area contributed by atoms with Crippen molar-refractivity contribution in [2.45, 2.75) is 19.3 Å². The minimum Gasteiger partial charge on any atom is -0.379 e. The van der Waals surface area contributed by atoms with Gasteiger partial charge in [-0.1, -0.05) is 0 Å². The number of hydrogen-bond acceptors (Lipinski definition) is 6. The Morgan fingerprint density at radius 2 is 0.944 bits per heavy atom. The first-order valence-electron chi connectivity index (χ1n) is 6.55. The number of rotatable bonds is 0. The van der Waals surface area contributed by atoms with Gasteiger partial charge in [-0.2, -0.15) is 0 Å². The van der Waals surface area contributed by atoms with Crippen LogP contribution in [0.2, 0.25) is 0 Å². The predicted molar refractivity (Wildman–Crippen MR) is 64.2 cm³/mol. The maximum atomic E-state index is 5.42. The molecule has 0 atom stereocenters. The smallest absolute Gasteiger partial charge is 0.180 e. The molecule has 1 fully saturated rings. The zero-order valence-electron chi connectivity index (χ0n) is 10.9. The van der Waals surface area contributed by atoms with E-state index in [4.69, 9.17) is 28.7 Å². The average Bonchev–Trinajstić information content (AvgIpc) is 2.39. The molecule has 6 nitrogen and oxygen atoms in total. The van der Waals surface area contributed by atoms with Gasteiger partial charge in [0, 0.05) is 6.61 Å². The topological polar surface area (TPSA) is 55.4 Å². The van der Waals surface area contributed by atoms with Gasteiger partial charge in [-0.25, -0.2) is 9.78 Å². The summed E-state index contributed by atoms with van der Waals surface area (Å²) in [6.07, 6.45) is 3.06. The van der Waals surface area contributed by atoms with Crippen molar-refractivity contribution in [1.29, 1.82) is 0 Å². The van der Waals surface area contributed by atoms with E-state index in [1.165, 1.54) is 0 Å². The predicted octanol–water partition coefficient (Wildman–Crippen LogP) is 1.14. The second-order valence-electron chi connectivity index (χ2n) is 3.86. The molecular formula is C12H24O6. The Labute approximate surface area is 108 Å². The van der Waals surface area contributed by atoms with Gasteiger partial charge in [0.25, 0.3) is 0 Å². The molecular weight excluding hydrogens is 240 g/mol. The van der Waals surface area contributed by atoms with Gasteiger partial charge in [0.2, 0.25) is 0 Å². The van der Waals surface area contributed by atoms with Crippen LogP contribution in [0, 0.1) is 0 Å². The first-order valence-corrected chi connectivity index (χ1v) is 6.55. The maximum absolute atomic E-state index is 5.42. The highest BCUT2D eigenvalue weighted by atomic mass is 17.2. The van der Waals surface area contributed by atoms with Gasteiger partial charge in [0.05, 0.1) is 46.2 Å². The summed E-state index contributed by atoms with van der Waals surface area (Å²) in [6, 6.07) is 0. The van der Waals surface area contributed by atoms with Crippen LogP contribution in [0.15, 0.2) is 0 Å². The summed E-state index contributed by atoms with van der Waals surface area (Å²) in [5.74, 6) is 0. The lowest BCUT2D eigenvalue weighted by Gasteiger charge is -2.09. The Hall–Kier alpha value is -0.240. The quantitative estimate of drug-likeness (QED) is 0.612. The van der Waals surface area contributed by atoms with E-state index in [9.17, 15) is 0 Å². The lowest BCUT2D eigenvalue weighted by molar-refractivity contribution is -0.337. The van der Waals surface area contributed by atoms with Gasteiger partial charge in [-0.15, -0.1) is 0 Å². The second kappa shape index (κ2) is 13.2. The molecule has 0 saturated carbocycles. The molecule has 1 heterocycles. The first-order chi connectivity index (χ1) is 9.00. The van der Waals surface area contributed by atoms with Crippen LogP contribution in [0.1, 0.15) is 19.3 Å². The van der Waals surface area contributed by atoms with Crippen molar-refractivity contribution in [2.75, 3.05) is 59.6 Å². The fraction of sp³-hybridized carbons (Fsp3) is 1.00. The zero-order chi connectivity index (χ0) is 12.7. The molecule has 0 N–H and O–H groups in total. The standard InChI is InChI=1S/C12H24O6/c1-2-4-13-6-7-14-8-9-15-10-11-16-12-18-17-5-3-1/h1-12H2. The summed E-state index contributed by atoms with van der Waals surface area (Å²) in [7, 11) is 0. The third-order valence-electron chi connectivity index (χ3n) is 2.35. The van der Waals surface area contributed by atoms with Gasteiger partial charge < -0.3 is 18.9 Å². The molecule has 0 aromatic carbocycles. The first kappa shape index (κ1) is 15.8. The van der Waals surface area contributed by atoms with Crippen molar-refractivity contribution < 1.29 is 28.7 Å². The molecule has 18 heavy (non-hydrogen) atoms. The van der Waals surface area contributed by atoms with Crippen LogP contribution < -0.4 is 0 Å². The van der Waals surface area contributed by atoms with Crippen LogP contribution in [0.5, 0.6) is 0 Å². The fourth-order valence-electron chi connectivity index (χ4n) is 1.39. The highest BCUT2D eigenvalue weighted by Gasteiger charge is 1.96. The third kappa shape index (κ3) is 10.9. The Balaban J connectivity index is 2.00. The monoisotopic (exact) mass is 264 g/mol. The highest BCUT2D eigenvalue weighted by molar-refractivity contribution is 4.40. The summed E-state index contributed by atoms with van der Waals surface area (Å²) in [5.41, 5.74) is 0. The summed E-state index contributed by atoms with van der Waals surface area (Å²) < 4.78 is 21.2. The van der Waals surface area contributed by atoms with Crippen LogP contribution in [0.25, 0.3) is 0 Å². The maximum Gasteiger partial charge on any atom is 0.180 e. The molecule has 1 saturated heterocycles. The van der Waals surface area contributed by atoms with E-state index in [2.05, 4.69) is 0 Å². The molecule has 1 aliphatic heterocycles. The van der Waals surface area contributed by atoms with E-state index in [-0.39, 0.29) is 6.79 Å². The average molecular weight is 264 g/mol. The van der Waals surface area contributed by atoms with Crippen molar-refractivity contribution in [3.05, 3.63) is 0 Å². The molecule has 0 aromatic rings. The fourth-order valence-corrected chi connectivity index (χ4v) is 1.39. The number of hydrogen-bond donors (Lipinski definition) is 0. The van der Waals surface area contributed by atoms with Crippen molar-refractivity contribution in [1.82, 2.24) is 0 Å². The molecule has 0 amide bonds. The van der Waals surface area contributed by atoms with Gasteiger partial charge in [-0.3, -0.25) is 0 Å². The van der Waals surface area contributed by atoms with E-state index >= 15 is 0 Å². The molecule has 6 heteroatoms. The Morgan fingerprint density at radius 1 is 0.389 bits per heavy atom. The lowest BCUT2D eigenvalue weighted by Crippen LogP contribution is -2.13. The molecule has 1 aliphatic rings. The normalized spacial score (nSPS) is 24.0. The van der Waals surface area contributed by atoms with Gasteiger partial charge in [-0.05, 0) is 19.3 Å². The molecule has 1 rings (SSSR count). The molecule has 108 valence electrons. The van der Waals surface area contributed by atoms with Crippen LogP contribution in [-0.4, -0.2) is 59.6 Å². The summed E-state index contributed by atoms with van der Waals surface area (Å²) in [6.45, 7) is 4.94. The minimum absolute atomic E-state index is 0.142. The largest absolute Gasteiger partial charge is 0.379 e.